The van der Waals surface area contributed by atoms with E-state index in [1.165, 1.54) is 18.3 Å². The number of methoxy groups -OCH3 is 1. The lowest BCUT2D eigenvalue weighted by Gasteiger charge is -2.29. The number of carbonyl (C=O) groups excluding carboxylic acids is 3. The van der Waals surface area contributed by atoms with E-state index in [9.17, 15) is 14.4 Å². The minimum Gasteiger partial charge on any atom is -0.497 e. The molecule has 9 heteroatoms. The number of benzene rings is 1. The van der Waals surface area contributed by atoms with Crippen molar-refractivity contribution in [3.8, 4) is 5.75 Å². The summed E-state index contributed by atoms with van der Waals surface area (Å²) in [6.45, 7) is 5.17. The van der Waals surface area contributed by atoms with Crippen LogP contribution in [0.2, 0.25) is 0 Å². The molecule has 1 aromatic carbocycles. The smallest absolute Gasteiger partial charge is 0.264 e. The number of amides is 3. The van der Waals surface area contributed by atoms with E-state index >= 15 is 0 Å². The minimum absolute atomic E-state index is 0.0219. The lowest BCUT2D eigenvalue weighted by molar-refractivity contribution is -0.142. The Morgan fingerprint density at radius 1 is 1.18 bits per heavy atom. The third-order valence-electron chi connectivity index (χ3n) is 6.54. The Balaban J connectivity index is 1.60. The Bertz CT molecular complexity index is 1000. The number of carbonyl (C=O) groups is 3. The molecule has 1 N–H and O–H groups in total. The van der Waals surface area contributed by atoms with Gasteiger partial charge in [-0.25, -0.2) is 0 Å². The van der Waals surface area contributed by atoms with Crippen molar-refractivity contribution in [1.82, 2.24) is 20.0 Å². The van der Waals surface area contributed by atoms with Crippen LogP contribution in [0.15, 0.2) is 41.8 Å². The zero-order chi connectivity index (χ0) is 24.1. The molecule has 0 saturated carbocycles. The van der Waals surface area contributed by atoms with Gasteiger partial charge in [-0.1, -0.05) is 18.2 Å². The Hall–Kier alpha value is -2.91. The van der Waals surface area contributed by atoms with Crippen LogP contribution >= 0.6 is 11.3 Å². The lowest BCUT2D eigenvalue weighted by atomic mass is 10.1. The third-order valence-corrected chi connectivity index (χ3v) is 7.40. The topological polar surface area (TPSA) is 82.2 Å². The van der Waals surface area contributed by atoms with Gasteiger partial charge in [-0.2, -0.15) is 0 Å². The van der Waals surface area contributed by atoms with Gasteiger partial charge in [0.2, 0.25) is 11.8 Å². The number of likely N-dealkylation sites (tertiary alicyclic amines) is 1. The molecule has 182 valence electrons. The van der Waals surface area contributed by atoms with Crippen molar-refractivity contribution in [2.24, 2.45) is 0 Å². The number of rotatable bonds is 6. The molecule has 0 aliphatic carbocycles. The highest BCUT2D eigenvalue weighted by Gasteiger charge is 2.43. The highest BCUT2D eigenvalue weighted by molar-refractivity contribution is 7.12. The van der Waals surface area contributed by atoms with Crippen molar-refractivity contribution in [1.29, 1.82) is 0 Å². The van der Waals surface area contributed by atoms with Gasteiger partial charge in [0.25, 0.3) is 5.91 Å². The molecule has 2 aliphatic heterocycles. The first-order valence-electron chi connectivity index (χ1n) is 11.7. The van der Waals surface area contributed by atoms with E-state index in [2.05, 4.69) is 5.32 Å². The Morgan fingerprint density at radius 3 is 2.76 bits per heavy atom. The molecule has 3 heterocycles. The summed E-state index contributed by atoms with van der Waals surface area (Å²) in [5.74, 6) is 0.476. The van der Waals surface area contributed by atoms with Crippen molar-refractivity contribution in [3.05, 3.63) is 52.2 Å². The standard InChI is InChI=1S/C25H32N4O4S/c1-18(30)28-17-20(15-22(28)24(31)27-11-5-9-26-10-12-27)29(25(32)23-8-4-13-34-23)16-19-6-3-7-21(14-19)33-2/h3-4,6-8,13-14,20,22,26H,5,9-12,15-17H2,1-2H3. The van der Waals surface area contributed by atoms with Crippen LogP contribution in [0.1, 0.15) is 35.0 Å². The van der Waals surface area contributed by atoms with Gasteiger partial charge >= 0.3 is 0 Å². The molecule has 2 unspecified atom stereocenters. The number of thiophene rings is 1. The lowest BCUT2D eigenvalue weighted by Crippen LogP contribution is -2.48. The first-order chi connectivity index (χ1) is 16.5. The van der Waals surface area contributed by atoms with E-state index in [1.54, 1.807) is 12.0 Å². The first kappa shape index (κ1) is 24.2. The molecular weight excluding hydrogens is 452 g/mol. The summed E-state index contributed by atoms with van der Waals surface area (Å²) in [5.41, 5.74) is 0.937. The summed E-state index contributed by atoms with van der Waals surface area (Å²) in [5, 5.41) is 5.20. The molecule has 8 nitrogen and oxygen atoms in total. The summed E-state index contributed by atoms with van der Waals surface area (Å²) >= 11 is 1.40. The largest absolute Gasteiger partial charge is 0.497 e. The maximum absolute atomic E-state index is 13.6. The van der Waals surface area contributed by atoms with Crippen molar-refractivity contribution in [2.45, 2.75) is 38.4 Å². The molecule has 4 rings (SSSR count). The summed E-state index contributed by atoms with van der Waals surface area (Å²) in [4.78, 5) is 45.5. The second kappa shape index (κ2) is 11.0. The van der Waals surface area contributed by atoms with Crippen LogP contribution in [0.5, 0.6) is 5.75 Å². The van der Waals surface area contributed by atoms with Crippen molar-refractivity contribution in [3.63, 3.8) is 0 Å². The van der Waals surface area contributed by atoms with Crippen molar-refractivity contribution in [2.75, 3.05) is 39.8 Å². The van der Waals surface area contributed by atoms with Crippen LogP contribution in [0.3, 0.4) is 0 Å². The molecule has 0 radical (unpaired) electrons. The summed E-state index contributed by atoms with van der Waals surface area (Å²) in [7, 11) is 1.62. The maximum Gasteiger partial charge on any atom is 0.264 e. The van der Waals surface area contributed by atoms with E-state index in [1.807, 2.05) is 51.6 Å². The van der Waals surface area contributed by atoms with Gasteiger partial charge in [0.15, 0.2) is 0 Å². The van der Waals surface area contributed by atoms with Gasteiger partial charge in [0.1, 0.15) is 11.8 Å². The highest BCUT2D eigenvalue weighted by atomic mass is 32.1. The SMILES string of the molecule is COc1cccc(CN(C(=O)c2cccs2)C2CC(C(=O)N3CCCNCC3)N(C(C)=O)C2)c1. The fourth-order valence-electron chi connectivity index (χ4n) is 4.77. The Labute approximate surface area is 204 Å². The predicted molar refractivity (Wildman–Crippen MR) is 131 cm³/mol. The zero-order valence-electron chi connectivity index (χ0n) is 19.7. The van der Waals surface area contributed by atoms with Crippen LogP contribution < -0.4 is 10.1 Å². The van der Waals surface area contributed by atoms with E-state index < -0.39 is 6.04 Å². The van der Waals surface area contributed by atoms with E-state index in [0.717, 1.165) is 30.8 Å². The first-order valence-corrected chi connectivity index (χ1v) is 12.6. The van der Waals surface area contributed by atoms with Gasteiger partial charge in [-0.3, -0.25) is 14.4 Å². The number of hydrogen-bond acceptors (Lipinski definition) is 6. The van der Waals surface area contributed by atoms with Gasteiger partial charge in [0, 0.05) is 39.6 Å². The second-order valence-electron chi connectivity index (χ2n) is 8.77. The molecule has 2 atom stereocenters. The Kier molecular flexibility index (Phi) is 7.84. The highest BCUT2D eigenvalue weighted by Crippen LogP contribution is 2.28. The van der Waals surface area contributed by atoms with Gasteiger partial charge in [-0.05, 0) is 48.5 Å². The average molecular weight is 485 g/mol. The summed E-state index contributed by atoms with van der Waals surface area (Å²) < 4.78 is 5.36. The normalized spacial score (nSPS) is 20.6. The van der Waals surface area contributed by atoms with Crippen molar-refractivity contribution >= 4 is 29.1 Å². The van der Waals surface area contributed by atoms with Crippen LogP contribution in [-0.2, 0) is 16.1 Å². The quantitative estimate of drug-likeness (QED) is 0.680. The molecule has 3 amide bonds. The van der Waals surface area contributed by atoms with E-state index in [-0.39, 0.29) is 23.8 Å². The van der Waals surface area contributed by atoms with Crippen LogP contribution in [-0.4, -0.2) is 84.3 Å². The number of nitrogens with one attached hydrogen (secondary N) is 1. The van der Waals surface area contributed by atoms with Crippen LogP contribution in [0, 0.1) is 0 Å². The third kappa shape index (κ3) is 5.42. The molecule has 2 aromatic rings. The molecule has 2 aliphatic rings. The van der Waals surface area contributed by atoms with Crippen molar-refractivity contribution < 1.29 is 19.1 Å². The monoisotopic (exact) mass is 484 g/mol. The maximum atomic E-state index is 13.6. The minimum atomic E-state index is -0.551. The van der Waals surface area contributed by atoms with Gasteiger partial charge in [-0.15, -0.1) is 11.3 Å². The number of nitrogens with zero attached hydrogens (tertiary/aromatic N) is 3. The molecule has 2 fully saturated rings. The second-order valence-corrected chi connectivity index (χ2v) is 9.72. The van der Waals surface area contributed by atoms with E-state index in [4.69, 9.17) is 4.74 Å². The van der Waals surface area contributed by atoms with E-state index in [0.29, 0.717) is 37.5 Å². The number of ether oxygens (including phenoxy) is 1. The number of hydrogen-bond donors (Lipinski definition) is 1. The fourth-order valence-corrected chi connectivity index (χ4v) is 5.45. The van der Waals surface area contributed by atoms with Gasteiger partial charge < -0.3 is 24.8 Å². The zero-order valence-corrected chi connectivity index (χ0v) is 20.6. The van der Waals surface area contributed by atoms with Crippen LogP contribution in [0.25, 0.3) is 0 Å². The molecule has 0 bridgehead atoms. The molecule has 0 spiro atoms. The molecular formula is C25H32N4O4S. The van der Waals surface area contributed by atoms with Gasteiger partial charge in [0.05, 0.1) is 18.0 Å². The summed E-state index contributed by atoms with van der Waals surface area (Å²) in [6, 6.07) is 10.5. The Morgan fingerprint density at radius 2 is 2.03 bits per heavy atom. The summed E-state index contributed by atoms with van der Waals surface area (Å²) in [6.07, 6.45) is 1.32. The molecule has 1 aromatic heterocycles. The average Bonchev–Trinajstić information content (AvgIpc) is 3.46. The molecule has 2 saturated heterocycles. The predicted octanol–water partition coefficient (Wildman–Crippen LogP) is 2.21. The molecule has 34 heavy (non-hydrogen) atoms. The van der Waals surface area contributed by atoms with Crippen LogP contribution in [0.4, 0.5) is 0 Å². The fraction of sp³-hybridized carbons (Fsp3) is 0.480.